The van der Waals surface area contributed by atoms with Crippen LogP contribution in [0.25, 0.3) is 11.1 Å². The molecule has 1 amide bonds. The van der Waals surface area contributed by atoms with Gasteiger partial charge in [-0.3, -0.25) is 4.79 Å². The number of hydrogen-bond acceptors (Lipinski definition) is 5. The molecule has 0 fully saturated rings. The molecule has 1 N–H and O–H groups in total. The maximum Gasteiger partial charge on any atom is 0.251 e. The SMILES string of the molecule is CC(NC(=O)c1ccc2oc(CCc3ccccc3)nc2c1)c1ccncn1. The summed E-state index contributed by atoms with van der Waals surface area (Å²) in [5.41, 5.74) is 3.91. The van der Waals surface area contributed by atoms with Gasteiger partial charge in [-0.1, -0.05) is 30.3 Å². The molecule has 0 bridgehead atoms. The molecule has 0 spiro atoms. The molecular weight excluding hydrogens is 352 g/mol. The monoisotopic (exact) mass is 372 g/mol. The Balaban J connectivity index is 1.46. The summed E-state index contributed by atoms with van der Waals surface area (Å²) in [6.07, 6.45) is 4.70. The zero-order chi connectivity index (χ0) is 19.3. The lowest BCUT2D eigenvalue weighted by atomic mass is 10.1. The van der Waals surface area contributed by atoms with Crippen molar-refractivity contribution in [2.75, 3.05) is 0 Å². The predicted octanol–water partition coefficient (Wildman–Crippen LogP) is 3.89. The maximum absolute atomic E-state index is 12.6. The second-order valence-corrected chi connectivity index (χ2v) is 6.61. The van der Waals surface area contributed by atoms with Crippen molar-refractivity contribution in [2.24, 2.45) is 0 Å². The number of benzene rings is 2. The second-order valence-electron chi connectivity index (χ2n) is 6.61. The predicted molar refractivity (Wildman–Crippen MR) is 106 cm³/mol. The van der Waals surface area contributed by atoms with Gasteiger partial charge in [0.2, 0.25) is 0 Å². The first-order chi connectivity index (χ1) is 13.7. The summed E-state index contributed by atoms with van der Waals surface area (Å²) in [5, 5.41) is 2.94. The van der Waals surface area contributed by atoms with E-state index in [1.165, 1.54) is 11.9 Å². The fourth-order valence-electron chi connectivity index (χ4n) is 3.03. The number of carbonyl (C=O) groups excluding carboxylic acids is 1. The lowest BCUT2D eigenvalue weighted by Gasteiger charge is -2.12. The number of aryl methyl sites for hydroxylation is 2. The minimum Gasteiger partial charge on any atom is -0.441 e. The number of nitrogens with zero attached hydrogens (tertiary/aromatic N) is 3. The number of nitrogens with one attached hydrogen (secondary N) is 1. The molecule has 2 aromatic carbocycles. The Morgan fingerprint density at radius 3 is 2.75 bits per heavy atom. The minimum absolute atomic E-state index is 0.179. The van der Waals surface area contributed by atoms with Crippen molar-refractivity contribution in [3.05, 3.63) is 89.8 Å². The zero-order valence-corrected chi connectivity index (χ0v) is 15.5. The fourth-order valence-corrected chi connectivity index (χ4v) is 3.03. The molecule has 28 heavy (non-hydrogen) atoms. The number of aromatic nitrogens is 3. The molecule has 6 heteroatoms. The number of amides is 1. The summed E-state index contributed by atoms with van der Waals surface area (Å²) in [4.78, 5) is 25.2. The summed E-state index contributed by atoms with van der Waals surface area (Å²) in [6.45, 7) is 1.89. The molecule has 0 saturated heterocycles. The molecule has 1 unspecified atom stereocenters. The first kappa shape index (κ1) is 17.9. The van der Waals surface area contributed by atoms with Crippen molar-refractivity contribution >= 4 is 17.0 Å². The van der Waals surface area contributed by atoms with Crippen molar-refractivity contribution in [1.82, 2.24) is 20.3 Å². The minimum atomic E-state index is -0.218. The van der Waals surface area contributed by atoms with Crippen LogP contribution in [0.3, 0.4) is 0 Å². The summed E-state index contributed by atoms with van der Waals surface area (Å²) in [6, 6.07) is 17.1. The highest BCUT2D eigenvalue weighted by Crippen LogP contribution is 2.19. The molecule has 4 aromatic rings. The van der Waals surface area contributed by atoms with Crippen LogP contribution in [0.2, 0.25) is 0 Å². The molecule has 1 atom stereocenters. The maximum atomic E-state index is 12.6. The third kappa shape index (κ3) is 4.06. The molecular formula is C22H20N4O2. The van der Waals surface area contributed by atoms with E-state index in [0.29, 0.717) is 29.0 Å². The summed E-state index contributed by atoms with van der Waals surface area (Å²) in [5.74, 6) is 0.493. The standard InChI is InChI=1S/C22H20N4O2/c1-15(18-11-12-23-14-24-18)25-22(27)17-8-9-20-19(13-17)26-21(28-20)10-7-16-5-3-2-4-6-16/h2-6,8-9,11-15H,7,10H2,1H3,(H,25,27). The summed E-state index contributed by atoms with van der Waals surface area (Å²) >= 11 is 0. The highest BCUT2D eigenvalue weighted by atomic mass is 16.3. The van der Waals surface area contributed by atoms with Gasteiger partial charge in [0.05, 0.1) is 11.7 Å². The van der Waals surface area contributed by atoms with Gasteiger partial charge in [-0.2, -0.15) is 0 Å². The van der Waals surface area contributed by atoms with E-state index < -0.39 is 0 Å². The van der Waals surface area contributed by atoms with Gasteiger partial charge in [0, 0.05) is 18.2 Å². The van der Waals surface area contributed by atoms with Crippen molar-refractivity contribution in [1.29, 1.82) is 0 Å². The van der Waals surface area contributed by atoms with Crippen LogP contribution in [0.5, 0.6) is 0 Å². The van der Waals surface area contributed by atoms with Gasteiger partial charge < -0.3 is 9.73 Å². The molecule has 0 aliphatic heterocycles. The molecule has 0 saturated carbocycles. The lowest BCUT2D eigenvalue weighted by Crippen LogP contribution is -2.27. The summed E-state index contributed by atoms with van der Waals surface area (Å²) < 4.78 is 5.82. The Morgan fingerprint density at radius 2 is 1.96 bits per heavy atom. The number of fused-ring (bicyclic) bond motifs is 1. The van der Waals surface area contributed by atoms with E-state index >= 15 is 0 Å². The van der Waals surface area contributed by atoms with Crippen LogP contribution in [-0.2, 0) is 12.8 Å². The van der Waals surface area contributed by atoms with Gasteiger partial charge in [0.15, 0.2) is 11.5 Å². The van der Waals surface area contributed by atoms with Crippen molar-refractivity contribution < 1.29 is 9.21 Å². The van der Waals surface area contributed by atoms with Gasteiger partial charge in [-0.05, 0) is 43.2 Å². The number of hydrogen-bond donors (Lipinski definition) is 1. The topological polar surface area (TPSA) is 80.9 Å². The second kappa shape index (κ2) is 8.00. The van der Waals surface area contributed by atoms with E-state index in [1.54, 1.807) is 30.5 Å². The molecule has 0 aliphatic carbocycles. The molecule has 140 valence electrons. The fraction of sp³-hybridized carbons (Fsp3) is 0.182. The zero-order valence-electron chi connectivity index (χ0n) is 15.5. The highest BCUT2D eigenvalue weighted by molar-refractivity contribution is 5.97. The Labute approximate surface area is 162 Å². The van der Waals surface area contributed by atoms with E-state index in [4.69, 9.17) is 4.42 Å². The van der Waals surface area contributed by atoms with Gasteiger partial charge in [-0.15, -0.1) is 0 Å². The van der Waals surface area contributed by atoms with Crippen LogP contribution in [0, 0.1) is 0 Å². The third-order valence-corrected chi connectivity index (χ3v) is 4.56. The Bertz CT molecular complexity index is 1080. The van der Waals surface area contributed by atoms with E-state index in [2.05, 4.69) is 32.4 Å². The quantitative estimate of drug-likeness (QED) is 0.555. The molecule has 0 radical (unpaired) electrons. The number of carbonyl (C=O) groups is 1. The van der Waals surface area contributed by atoms with E-state index in [0.717, 1.165) is 12.1 Å². The number of oxazole rings is 1. The van der Waals surface area contributed by atoms with Crippen LogP contribution < -0.4 is 5.32 Å². The van der Waals surface area contributed by atoms with Crippen LogP contribution >= 0.6 is 0 Å². The van der Waals surface area contributed by atoms with Crippen molar-refractivity contribution in [3.63, 3.8) is 0 Å². The smallest absolute Gasteiger partial charge is 0.251 e. The summed E-state index contributed by atoms with van der Waals surface area (Å²) in [7, 11) is 0. The first-order valence-electron chi connectivity index (χ1n) is 9.19. The van der Waals surface area contributed by atoms with E-state index in [-0.39, 0.29) is 11.9 Å². The molecule has 6 nitrogen and oxygen atoms in total. The van der Waals surface area contributed by atoms with Crippen LogP contribution in [0.4, 0.5) is 0 Å². The lowest BCUT2D eigenvalue weighted by molar-refractivity contribution is 0.0939. The largest absolute Gasteiger partial charge is 0.441 e. The highest BCUT2D eigenvalue weighted by Gasteiger charge is 2.14. The van der Waals surface area contributed by atoms with Gasteiger partial charge in [0.1, 0.15) is 11.8 Å². The Hall–Kier alpha value is -3.54. The normalized spacial score (nSPS) is 12.0. The first-order valence-corrected chi connectivity index (χ1v) is 9.19. The average molecular weight is 372 g/mol. The van der Waals surface area contributed by atoms with E-state index in [1.807, 2.05) is 25.1 Å². The average Bonchev–Trinajstić information content (AvgIpc) is 3.15. The third-order valence-electron chi connectivity index (χ3n) is 4.56. The van der Waals surface area contributed by atoms with Crippen molar-refractivity contribution in [3.8, 4) is 0 Å². The Morgan fingerprint density at radius 1 is 1.11 bits per heavy atom. The van der Waals surface area contributed by atoms with E-state index in [9.17, 15) is 4.79 Å². The Kier molecular flexibility index (Phi) is 5.10. The van der Waals surface area contributed by atoms with Crippen LogP contribution in [0.15, 0.2) is 71.5 Å². The van der Waals surface area contributed by atoms with Gasteiger partial charge >= 0.3 is 0 Å². The van der Waals surface area contributed by atoms with Crippen molar-refractivity contribution in [2.45, 2.75) is 25.8 Å². The van der Waals surface area contributed by atoms with Gasteiger partial charge in [0.25, 0.3) is 5.91 Å². The number of rotatable bonds is 6. The van der Waals surface area contributed by atoms with Crippen LogP contribution in [-0.4, -0.2) is 20.9 Å². The molecule has 2 aromatic heterocycles. The molecule has 4 rings (SSSR count). The van der Waals surface area contributed by atoms with Crippen LogP contribution in [0.1, 0.15) is 40.5 Å². The molecule has 2 heterocycles. The van der Waals surface area contributed by atoms with Gasteiger partial charge in [-0.25, -0.2) is 15.0 Å². The molecule has 0 aliphatic rings.